The first-order valence-corrected chi connectivity index (χ1v) is 9.90. The molecule has 28 heavy (non-hydrogen) atoms. The molecule has 3 atom stereocenters. The van der Waals surface area contributed by atoms with Crippen LogP contribution in [0.25, 0.3) is 10.9 Å². The molecule has 1 aromatic heterocycles. The summed E-state index contributed by atoms with van der Waals surface area (Å²) >= 11 is 1.33. The van der Waals surface area contributed by atoms with E-state index in [1.165, 1.54) is 17.8 Å². The summed E-state index contributed by atoms with van der Waals surface area (Å²) in [7, 11) is 0. The summed E-state index contributed by atoms with van der Waals surface area (Å²) in [6.07, 6.45) is 7.84. The van der Waals surface area contributed by atoms with Gasteiger partial charge in [0.15, 0.2) is 0 Å². The van der Waals surface area contributed by atoms with Crippen molar-refractivity contribution >= 4 is 34.3 Å². The molecular formula is C20H18FN3O3S. The van der Waals surface area contributed by atoms with Gasteiger partial charge < -0.3 is 20.3 Å². The number of nitrogens with zero attached hydrogens (tertiary/aromatic N) is 2. The maximum atomic E-state index is 15.0. The Hall–Kier alpha value is -2.58. The third-order valence-corrected chi connectivity index (χ3v) is 7.04. The Morgan fingerprint density at radius 1 is 1.39 bits per heavy atom. The predicted molar refractivity (Wildman–Crippen MR) is 107 cm³/mol. The summed E-state index contributed by atoms with van der Waals surface area (Å²) in [6, 6.07) is 2.82. The lowest BCUT2D eigenvalue weighted by molar-refractivity contribution is 0.0689. The molecule has 3 heterocycles. The number of hydrogen-bond acceptors (Lipinski definition) is 5. The van der Waals surface area contributed by atoms with Crippen LogP contribution in [0, 0.1) is 11.7 Å². The Kier molecular flexibility index (Phi) is 3.57. The minimum atomic E-state index is -1.29. The highest BCUT2D eigenvalue weighted by molar-refractivity contribution is 8.00. The molecule has 144 valence electrons. The number of anilines is 1. The molecule has 0 spiro atoms. The molecule has 0 radical (unpaired) electrons. The monoisotopic (exact) mass is 399 g/mol. The van der Waals surface area contributed by atoms with E-state index in [9.17, 15) is 14.7 Å². The van der Waals surface area contributed by atoms with Gasteiger partial charge in [0.25, 0.3) is 0 Å². The number of thioether (sulfide) groups is 1. The van der Waals surface area contributed by atoms with Crippen LogP contribution in [0.1, 0.15) is 22.7 Å². The molecule has 6 nitrogen and oxygen atoms in total. The summed E-state index contributed by atoms with van der Waals surface area (Å²) in [5.41, 5.74) is 5.96. The van der Waals surface area contributed by atoms with Crippen molar-refractivity contribution in [2.45, 2.75) is 22.9 Å². The van der Waals surface area contributed by atoms with Gasteiger partial charge in [-0.3, -0.25) is 4.79 Å². The summed E-state index contributed by atoms with van der Waals surface area (Å²) < 4.78 is 16.8. The lowest BCUT2D eigenvalue weighted by Gasteiger charge is -2.33. The normalized spacial score (nSPS) is 27.6. The number of aromatic carboxylic acids is 1. The summed E-state index contributed by atoms with van der Waals surface area (Å²) in [5.74, 6) is -1.75. The highest BCUT2D eigenvalue weighted by atomic mass is 32.2. The van der Waals surface area contributed by atoms with Gasteiger partial charge in [-0.1, -0.05) is 36.1 Å². The summed E-state index contributed by atoms with van der Waals surface area (Å²) in [5, 5.41) is 9.93. The Labute approximate surface area is 164 Å². The van der Waals surface area contributed by atoms with Gasteiger partial charge in [-0.2, -0.15) is 0 Å². The zero-order valence-electron chi connectivity index (χ0n) is 15.1. The third kappa shape index (κ3) is 2.24. The van der Waals surface area contributed by atoms with Crippen molar-refractivity contribution in [3.8, 4) is 0 Å². The van der Waals surface area contributed by atoms with Gasteiger partial charge in [0.1, 0.15) is 11.4 Å². The second-order valence-electron chi connectivity index (χ2n) is 7.57. The van der Waals surface area contributed by atoms with Crippen molar-refractivity contribution in [1.82, 2.24) is 4.57 Å². The van der Waals surface area contributed by atoms with Gasteiger partial charge >= 0.3 is 5.97 Å². The van der Waals surface area contributed by atoms with Crippen molar-refractivity contribution in [2.24, 2.45) is 11.7 Å². The Bertz CT molecular complexity index is 1170. The molecule has 3 aliphatic rings. The third-order valence-electron chi connectivity index (χ3n) is 5.86. The number of benzene rings is 1. The van der Waals surface area contributed by atoms with Gasteiger partial charge in [0.05, 0.1) is 27.1 Å². The SMILES string of the molecule is CC1Sc2c(C(=O)O)c(=O)c3cc(F)c(N4CC5C=CC=CC5(N)C4)cc3n21. The van der Waals surface area contributed by atoms with Crippen molar-refractivity contribution in [2.75, 3.05) is 18.0 Å². The zero-order chi connectivity index (χ0) is 19.8. The summed E-state index contributed by atoms with van der Waals surface area (Å²) in [6.45, 7) is 2.97. The van der Waals surface area contributed by atoms with Gasteiger partial charge in [0, 0.05) is 24.4 Å². The predicted octanol–water partition coefficient (Wildman–Crippen LogP) is 2.72. The highest BCUT2D eigenvalue weighted by Gasteiger charge is 2.42. The first kappa shape index (κ1) is 17.5. The maximum absolute atomic E-state index is 15.0. The second kappa shape index (κ2) is 5.71. The van der Waals surface area contributed by atoms with Crippen LogP contribution < -0.4 is 16.1 Å². The summed E-state index contributed by atoms with van der Waals surface area (Å²) in [4.78, 5) is 26.2. The van der Waals surface area contributed by atoms with Crippen molar-refractivity contribution < 1.29 is 14.3 Å². The Balaban J connectivity index is 1.69. The van der Waals surface area contributed by atoms with Crippen LogP contribution in [0.4, 0.5) is 10.1 Å². The standard InChI is InChI=1S/C20H18FN3O3S/c1-10-24-14-7-15(23-8-11-4-2-3-5-20(11,22)9-23)13(21)6-12(14)17(25)16(19(26)27)18(24)28-10/h2-7,10-11H,8-9,22H2,1H3,(H,26,27). The van der Waals surface area contributed by atoms with Gasteiger partial charge in [-0.15, -0.1) is 0 Å². The van der Waals surface area contributed by atoms with Crippen LogP contribution in [-0.2, 0) is 0 Å². The largest absolute Gasteiger partial charge is 0.477 e. The van der Waals surface area contributed by atoms with E-state index in [0.29, 0.717) is 29.3 Å². The average Bonchev–Trinajstić information content (AvgIpc) is 2.98. The number of carboxylic acid groups (broad SMARTS) is 1. The molecule has 0 saturated carbocycles. The lowest BCUT2D eigenvalue weighted by atomic mass is 9.85. The number of hydrogen-bond donors (Lipinski definition) is 2. The number of halogens is 1. The van der Waals surface area contributed by atoms with Crippen molar-refractivity contribution in [3.05, 3.63) is 58.0 Å². The number of aromatic nitrogens is 1. The number of carbonyl (C=O) groups is 1. The molecule has 1 fully saturated rings. The molecule has 2 aromatic rings. The van der Waals surface area contributed by atoms with E-state index in [-0.39, 0.29) is 22.2 Å². The van der Waals surface area contributed by atoms with Crippen molar-refractivity contribution in [1.29, 1.82) is 0 Å². The fourth-order valence-corrected chi connectivity index (χ4v) is 5.57. The number of pyridine rings is 1. The Morgan fingerprint density at radius 3 is 2.86 bits per heavy atom. The Morgan fingerprint density at radius 2 is 2.18 bits per heavy atom. The second-order valence-corrected chi connectivity index (χ2v) is 8.87. The first-order chi connectivity index (χ1) is 13.3. The van der Waals surface area contributed by atoms with Gasteiger partial charge in [-0.05, 0) is 19.1 Å². The van der Waals surface area contributed by atoms with E-state index in [2.05, 4.69) is 0 Å². The maximum Gasteiger partial charge on any atom is 0.342 e. The molecule has 1 aliphatic carbocycles. The topological polar surface area (TPSA) is 88.6 Å². The number of carboxylic acids is 1. The van der Waals surface area contributed by atoms with Gasteiger partial charge in [-0.25, -0.2) is 9.18 Å². The van der Waals surface area contributed by atoms with Crippen LogP contribution >= 0.6 is 11.8 Å². The average molecular weight is 399 g/mol. The number of allylic oxidation sites excluding steroid dienone is 2. The van der Waals surface area contributed by atoms with Crippen molar-refractivity contribution in [3.63, 3.8) is 0 Å². The van der Waals surface area contributed by atoms with E-state index in [4.69, 9.17) is 5.73 Å². The van der Waals surface area contributed by atoms with Gasteiger partial charge in [0.2, 0.25) is 5.43 Å². The molecule has 0 bridgehead atoms. The molecule has 0 amide bonds. The van der Waals surface area contributed by atoms with Crippen LogP contribution in [-0.4, -0.2) is 34.3 Å². The number of fused-ring (bicyclic) bond motifs is 4. The molecule has 8 heteroatoms. The minimum Gasteiger partial charge on any atom is -0.477 e. The van der Waals surface area contributed by atoms with Crippen LogP contribution in [0.5, 0.6) is 0 Å². The van der Waals surface area contributed by atoms with E-state index in [0.717, 1.165) is 0 Å². The molecule has 1 aromatic carbocycles. The lowest BCUT2D eigenvalue weighted by Crippen LogP contribution is -2.46. The van der Waals surface area contributed by atoms with E-state index in [1.807, 2.05) is 36.1 Å². The first-order valence-electron chi connectivity index (χ1n) is 9.02. The van der Waals surface area contributed by atoms with Crippen LogP contribution in [0.15, 0.2) is 46.3 Å². The zero-order valence-corrected chi connectivity index (χ0v) is 15.9. The molecule has 3 unspecified atom stereocenters. The fourth-order valence-electron chi connectivity index (χ4n) is 4.42. The highest BCUT2D eigenvalue weighted by Crippen LogP contribution is 2.47. The van der Waals surface area contributed by atoms with Crippen LogP contribution in [0.3, 0.4) is 0 Å². The quantitative estimate of drug-likeness (QED) is 0.807. The number of rotatable bonds is 2. The van der Waals surface area contributed by atoms with Crippen LogP contribution in [0.2, 0.25) is 0 Å². The molecule has 2 aliphatic heterocycles. The van der Waals surface area contributed by atoms with E-state index < -0.39 is 22.8 Å². The number of nitrogens with two attached hydrogens (primary N) is 1. The molecular weight excluding hydrogens is 381 g/mol. The van der Waals surface area contributed by atoms with E-state index >= 15 is 4.39 Å². The minimum absolute atomic E-state index is 0.0256. The smallest absolute Gasteiger partial charge is 0.342 e. The molecule has 3 N–H and O–H groups in total. The molecule has 1 saturated heterocycles. The molecule has 5 rings (SSSR count). The fraction of sp³-hybridized carbons (Fsp3) is 0.300. The van der Waals surface area contributed by atoms with E-state index in [1.54, 1.807) is 10.6 Å².